The van der Waals surface area contributed by atoms with Crippen LogP contribution in [0.5, 0.6) is 0 Å². The van der Waals surface area contributed by atoms with E-state index in [1.54, 1.807) is 24.3 Å². The molecule has 2 aromatic rings. The van der Waals surface area contributed by atoms with Crippen LogP contribution in [-0.4, -0.2) is 52.8 Å². The van der Waals surface area contributed by atoms with E-state index in [9.17, 15) is 38.4 Å². The number of cyclic esters (lactones) is 6. The number of carbonyl (C=O) groups excluding carboxylic acids is 7. The number of nitrogens with one attached hydrogen (secondary N) is 1. The molecule has 0 saturated carbocycles. The van der Waals surface area contributed by atoms with Crippen LogP contribution in [0.4, 0.5) is 11.4 Å². The zero-order chi connectivity index (χ0) is 36.5. The Morgan fingerprint density at radius 2 is 1.00 bits per heavy atom. The summed E-state index contributed by atoms with van der Waals surface area (Å²) in [6.45, 7) is 0. The van der Waals surface area contributed by atoms with E-state index >= 15 is 0 Å². The number of benzene rings is 2. The predicted octanol–water partition coefficient (Wildman–Crippen LogP) is 4.36. The first-order valence-corrected chi connectivity index (χ1v) is 16.4. The van der Waals surface area contributed by atoms with Gasteiger partial charge in [0, 0.05) is 62.7 Å². The molecule has 0 aliphatic carbocycles. The van der Waals surface area contributed by atoms with Crippen molar-refractivity contribution in [2.24, 2.45) is 23.7 Å². The summed E-state index contributed by atoms with van der Waals surface area (Å²) in [7, 11) is 0. The van der Waals surface area contributed by atoms with E-state index in [2.05, 4.69) is 19.5 Å². The van der Waals surface area contributed by atoms with Crippen molar-refractivity contribution in [1.29, 1.82) is 0 Å². The van der Waals surface area contributed by atoms with Crippen LogP contribution < -0.4 is 11.1 Å². The SMILES string of the molecule is Nc1ccccc1.O=C(O)CC(CCC1CC(=O)OC(=O)C1)CC(=O)Nc1ccccc1.O=C1CC(CCC2CC(=O)OC(=O)C2)CC(=O)O1. The molecule has 2 aromatic carbocycles. The molecule has 0 spiro atoms. The fourth-order valence-corrected chi connectivity index (χ4v) is 5.79. The summed E-state index contributed by atoms with van der Waals surface area (Å²) >= 11 is 0. The van der Waals surface area contributed by atoms with Gasteiger partial charge < -0.3 is 30.4 Å². The van der Waals surface area contributed by atoms with Crippen LogP contribution in [0, 0.1) is 23.7 Å². The molecule has 1 amide bonds. The number of hydrogen-bond donors (Lipinski definition) is 3. The molecule has 0 aromatic heterocycles. The van der Waals surface area contributed by atoms with E-state index in [1.165, 1.54) is 0 Å². The molecule has 0 bridgehead atoms. The minimum atomic E-state index is -0.975. The number of amides is 1. The van der Waals surface area contributed by atoms with Crippen molar-refractivity contribution in [2.75, 3.05) is 11.1 Å². The Bertz CT molecular complexity index is 1430. The number of nitrogens with two attached hydrogens (primary N) is 1. The molecular formula is C36H42N2O12. The van der Waals surface area contributed by atoms with E-state index in [1.807, 2.05) is 36.4 Å². The highest BCUT2D eigenvalue weighted by Crippen LogP contribution is 2.29. The van der Waals surface area contributed by atoms with Crippen LogP contribution >= 0.6 is 0 Å². The lowest BCUT2D eigenvalue weighted by Crippen LogP contribution is -2.28. The quantitative estimate of drug-likeness (QED) is 0.129. The number of nitrogen functional groups attached to an aromatic ring is 1. The molecule has 3 fully saturated rings. The number of anilines is 2. The van der Waals surface area contributed by atoms with Gasteiger partial charge in [-0.25, -0.2) is 0 Å². The topological polar surface area (TPSA) is 223 Å². The predicted molar refractivity (Wildman–Crippen MR) is 176 cm³/mol. The standard InChI is InChI=1S/C18H21NO6.C12H14O6.C6H7N/c20-15(19-14-4-2-1-3-5-14)8-12(9-16(21)22)6-7-13-10-17(23)25-18(24)11-13;13-9-3-7(4-10(14)17-9)1-2-8-5-11(15)18-12(16)6-8;7-6-4-2-1-3-5-6/h1-5,12-13H,6-11H2,(H,19,20)(H,21,22);7-8H,1-6H2;1-5H,7H2. The lowest BCUT2D eigenvalue weighted by Gasteiger charge is -2.23. The number of rotatable bonds is 11. The molecule has 0 radical (unpaired) electrons. The number of para-hydroxylation sites is 2. The molecule has 4 N–H and O–H groups in total. The van der Waals surface area contributed by atoms with E-state index < -0.39 is 41.8 Å². The molecule has 14 heteroatoms. The molecule has 5 rings (SSSR count). The summed E-state index contributed by atoms with van der Waals surface area (Å²) in [6, 6.07) is 18.4. The van der Waals surface area contributed by atoms with Gasteiger partial charge in [-0.15, -0.1) is 0 Å². The number of ether oxygens (including phenoxy) is 3. The number of carboxylic acids is 1. The molecular weight excluding hydrogens is 652 g/mol. The second-order valence-electron chi connectivity index (χ2n) is 12.5. The Hall–Kier alpha value is -5.40. The number of carboxylic acid groups (broad SMARTS) is 1. The van der Waals surface area contributed by atoms with Gasteiger partial charge in [-0.1, -0.05) is 36.4 Å². The van der Waals surface area contributed by atoms with Crippen LogP contribution in [-0.2, 0) is 52.6 Å². The van der Waals surface area contributed by atoms with Gasteiger partial charge >= 0.3 is 41.8 Å². The van der Waals surface area contributed by atoms with Crippen molar-refractivity contribution in [3.63, 3.8) is 0 Å². The molecule has 3 aliphatic heterocycles. The highest BCUT2D eigenvalue weighted by Gasteiger charge is 2.31. The number of esters is 6. The highest BCUT2D eigenvalue weighted by atomic mass is 16.6. The zero-order valence-corrected chi connectivity index (χ0v) is 27.6. The van der Waals surface area contributed by atoms with Crippen molar-refractivity contribution >= 4 is 59.1 Å². The first-order chi connectivity index (χ1) is 23.8. The summed E-state index contributed by atoms with van der Waals surface area (Å²) in [5.74, 6) is -4.85. The van der Waals surface area contributed by atoms with Gasteiger partial charge in [0.15, 0.2) is 0 Å². The fourth-order valence-electron chi connectivity index (χ4n) is 5.79. The third kappa shape index (κ3) is 15.7. The molecule has 50 heavy (non-hydrogen) atoms. The van der Waals surface area contributed by atoms with Gasteiger partial charge in [-0.2, -0.15) is 0 Å². The lowest BCUT2D eigenvalue weighted by atomic mass is 9.87. The van der Waals surface area contributed by atoms with Gasteiger partial charge in [-0.3, -0.25) is 38.4 Å². The third-order valence-corrected chi connectivity index (χ3v) is 8.18. The van der Waals surface area contributed by atoms with Crippen LogP contribution in [0.25, 0.3) is 0 Å². The number of aliphatic carboxylic acids is 1. The van der Waals surface area contributed by atoms with Crippen molar-refractivity contribution < 1.29 is 57.7 Å². The molecule has 3 saturated heterocycles. The summed E-state index contributed by atoms with van der Waals surface area (Å²) < 4.78 is 13.4. The van der Waals surface area contributed by atoms with Gasteiger partial charge in [-0.05, 0) is 73.6 Å². The Labute approximate surface area is 289 Å². The molecule has 3 aliphatic rings. The van der Waals surface area contributed by atoms with Gasteiger partial charge in [0.25, 0.3) is 0 Å². The molecule has 268 valence electrons. The van der Waals surface area contributed by atoms with E-state index in [0.29, 0.717) is 31.4 Å². The second kappa shape index (κ2) is 20.2. The summed E-state index contributed by atoms with van der Waals surface area (Å²) in [4.78, 5) is 90.0. The Balaban J connectivity index is 0.000000234. The summed E-state index contributed by atoms with van der Waals surface area (Å²) in [5.41, 5.74) is 6.83. The van der Waals surface area contributed by atoms with E-state index in [-0.39, 0.29) is 80.9 Å². The maximum atomic E-state index is 12.1. The van der Waals surface area contributed by atoms with Crippen molar-refractivity contribution in [3.05, 3.63) is 60.7 Å². The average molecular weight is 695 g/mol. The Morgan fingerprint density at radius 3 is 1.36 bits per heavy atom. The molecule has 1 unspecified atom stereocenters. The Kier molecular flexibility index (Phi) is 15.8. The minimum absolute atomic E-state index is 0.0354. The first-order valence-electron chi connectivity index (χ1n) is 16.4. The lowest BCUT2D eigenvalue weighted by molar-refractivity contribution is -0.168. The minimum Gasteiger partial charge on any atom is -0.481 e. The Morgan fingerprint density at radius 1 is 0.620 bits per heavy atom. The molecule has 3 heterocycles. The fraction of sp³-hybridized carbons (Fsp3) is 0.444. The highest BCUT2D eigenvalue weighted by molar-refractivity contribution is 5.91. The van der Waals surface area contributed by atoms with Gasteiger partial charge in [0.1, 0.15) is 0 Å². The van der Waals surface area contributed by atoms with E-state index in [0.717, 1.165) is 5.69 Å². The van der Waals surface area contributed by atoms with Crippen molar-refractivity contribution in [2.45, 2.75) is 77.0 Å². The first kappa shape index (κ1) is 39.0. The molecule has 14 nitrogen and oxygen atoms in total. The van der Waals surface area contributed by atoms with Crippen molar-refractivity contribution in [1.82, 2.24) is 0 Å². The zero-order valence-electron chi connectivity index (χ0n) is 27.6. The second-order valence-corrected chi connectivity index (χ2v) is 12.5. The van der Waals surface area contributed by atoms with Crippen LogP contribution in [0.3, 0.4) is 0 Å². The average Bonchev–Trinajstić information content (AvgIpc) is 3.03. The largest absolute Gasteiger partial charge is 0.481 e. The van der Waals surface area contributed by atoms with Crippen LogP contribution in [0.2, 0.25) is 0 Å². The molecule has 1 atom stereocenters. The van der Waals surface area contributed by atoms with Crippen molar-refractivity contribution in [3.8, 4) is 0 Å². The van der Waals surface area contributed by atoms with Gasteiger partial charge in [0.05, 0.1) is 0 Å². The normalized spacial score (nSPS) is 17.5. The van der Waals surface area contributed by atoms with Crippen LogP contribution in [0.15, 0.2) is 60.7 Å². The third-order valence-electron chi connectivity index (χ3n) is 8.18. The van der Waals surface area contributed by atoms with E-state index in [4.69, 9.17) is 10.8 Å². The number of carbonyl (C=O) groups is 8. The van der Waals surface area contributed by atoms with Crippen LogP contribution in [0.1, 0.15) is 77.0 Å². The maximum absolute atomic E-state index is 12.1. The summed E-state index contributed by atoms with van der Waals surface area (Å²) in [5, 5.41) is 11.8. The smallest absolute Gasteiger partial charge is 0.313 e. The maximum Gasteiger partial charge on any atom is 0.313 e. The van der Waals surface area contributed by atoms with Gasteiger partial charge in [0.2, 0.25) is 5.91 Å². The number of hydrogen-bond acceptors (Lipinski definition) is 12. The summed E-state index contributed by atoms with van der Waals surface area (Å²) in [6.07, 6.45) is 3.44. The monoisotopic (exact) mass is 694 g/mol.